The predicted molar refractivity (Wildman–Crippen MR) is 97.6 cm³/mol. The van der Waals surface area contributed by atoms with Crippen LogP contribution in [0.3, 0.4) is 0 Å². The van der Waals surface area contributed by atoms with Gasteiger partial charge >= 0.3 is 0 Å². The number of ether oxygens (including phenoxy) is 1. The van der Waals surface area contributed by atoms with E-state index in [2.05, 4.69) is 15.0 Å². The third kappa shape index (κ3) is 2.87. The molecule has 0 amide bonds. The normalized spacial score (nSPS) is 10.8. The Morgan fingerprint density at radius 2 is 1.80 bits per heavy atom. The molecule has 0 saturated heterocycles. The Morgan fingerprint density at radius 3 is 2.60 bits per heavy atom. The van der Waals surface area contributed by atoms with Crippen molar-refractivity contribution in [2.24, 2.45) is 0 Å². The molecule has 0 atom stereocenters. The van der Waals surface area contributed by atoms with Gasteiger partial charge in [0.05, 0.1) is 18.0 Å². The molecule has 0 spiro atoms. The Hall–Kier alpha value is -3.47. The van der Waals surface area contributed by atoms with Crippen molar-refractivity contribution in [2.75, 3.05) is 7.11 Å². The fraction of sp³-hybridized carbons (Fsp3) is 0.0500. The fourth-order valence-electron chi connectivity index (χ4n) is 2.76. The van der Waals surface area contributed by atoms with Gasteiger partial charge in [0.25, 0.3) is 5.56 Å². The first kappa shape index (κ1) is 15.1. The molecule has 25 heavy (non-hydrogen) atoms. The van der Waals surface area contributed by atoms with E-state index in [1.807, 2.05) is 54.6 Å². The number of hydrogen-bond acceptors (Lipinski definition) is 4. The summed E-state index contributed by atoms with van der Waals surface area (Å²) in [4.78, 5) is 24.0. The van der Waals surface area contributed by atoms with Crippen LogP contribution in [0.25, 0.3) is 33.4 Å². The lowest BCUT2D eigenvalue weighted by atomic mass is 10.0. The van der Waals surface area contributed by atoms with Crippen LogP contribution in [0.4, 0.5) is 0 Å². The first-order valence-corrected chi connectivity index (χ1v) is 7.83. The zero-order valence-corrected chi connectivity index (χ0v) is 13.6. The molecular weight excluding hydrogens is 314 g/mol. The van der Waals surface area contributed by atoms with Gasteiger partial charge < -0.3 is 9.72 Å². The molecule has 0 bridgehead atoms. The van der Waals surface area contributed by atoms with Crippen LogP contribution < -0.4 is 10.3 Å². The first-order valence-electron chi connectivity index (χ1n) is 7.83. The van der Waals surface area contributed by atoms with Gasteiger partial charge in [-0.2, -0.15) is 0 Å². The summed E-state index contributed by atoms with van der Waals surface area (Å²) in [6, 6.07) is 17.1. The standard InChI is InChI=1S/C20H15N3O2/c1-25-16-6-2-4-13(10-16)14-7-8-18-17(11-14)20(24)23-19(22-18)15-5-3-9-21-12-15/h2-12H,1H3,(H,22,23,24). The Bertz CT molecular complexity index is 1100. The largest absolute Gasteiger partial charge is 0.497 e. The molecule has 2 heterocycles. The van der Waals surface area contributed by atoms with Crippen molar-refractivity contribution in [1.82, 2.24) is 15.0 Å². The molecule has 5 heteroatoms. The summed E-state index contributed by atoms with van der Waals surface area (Å²) >= 11 is 0. The molecular formula is C20H15N3O2. The van der Waals surface area contributed by atoms with E-state index in [0.29, 0.717) is 16.7 Å². The van der Waals surface area contributed by atoms with Crippen molar-refractivity contribution in [3.8, 4) is 28.3 Å². The van der Waals surface area contributed by atoms with Crippen molar-refractivity contribution in [3.63, 3.8) is 0 Å². The number of nitrogens with one attached hydrogen (secondary N) is 1. The minimum atomic E-state index is -0.173. The SMILES string of the molecule is COc1cccc(-c2ccc3nc(-c4cccnc4)[nH]c(=O)c3c2)c1. The van der Waals surface area contributed by atoms with Gasteiger partial charge in [0, 0.05) is 18.0 Å². The zero-order chi connectivity index (χ0) is 17.2. The number of aromatic amines is 1. The van der Waals surface area contributed by atoms with E-state index < -0.39 is 0 Å². The van der Waals surface area contributed by atoms with Crippen LogP contribution in [0, 0.1) is 0 Å². The summed E-state index contributed by atoms with van der Waals surface area (Å²) < 4.78 is 5.27. The summed E-state index contributed by atoms with van der Waals surface area (Å²) in [7, 11) is 1.63. The third-order valence-electron chi connectivity index (χ3n) is 4.04. The summed E-state index contributed by atoms with van der Waals surface area (Å²) in [5.41, 5.74) is 3.17. The number of pyridine rings is 1. The second-order valence-electron chi connectivity index (χ2n) is 5.62. The van der Waals surface area contributed by atoms with Crippen molar-refractivity contribution >= 4 is 10.9 Å². The molecule has 0 fully saturated rings. The minimum Gasteiger partial charge on any atom is -0.497 e. The summed E-state index contributed by atoms with van der Waals surface area (Å²) in [5.74, 6) is 1.29. The quantitative estimate of drug-likeness (QED) is 0.623. The van der Waals surface area contributed by atoms with Gasteiger partial charge in [0.1, 0.15) is 11.6 Å². The highest BCUT2D eigenvalue weighted by Gasteiger charge is 2.08. The van der Waals surface area contributed by atoms with Crippen LogP contribution in [0.2, 0.25) is 0 Å². The Morgan fingerprint density at radius 1 is 0.960 bits per heavy atom. The number of rotatable bonds is 3. The van der Waals surface area contributed by atoms with Crippen LogP contribution in [0.1, 0.15) is 0 Å². The van der Waals surface area contributed by atoms with Crippen LogP contribution in [0.5, 0.6) is 5.75 Å². The van der Waals surface area contributed by atoms with Gasteiger partial charge in [-0.05, 0) is 47.5 Å². The highest BCUT2D eigenvalue weighted by Crippen LogP contribution is 2.26. The molecule has 0 unspecified atom stereocenters. The Balaban J connectivity index is 1.84. The van der Waals surface area contributed by atoms with Crippen molar-refractivity contribution < 1.29 is 4.74 Å². The van der Waals surface area contributed by atoms with E-state index >= 15 is 0 Å². The number of benzene rings is 2. The number of H-pyrrole nitrogens is 1. The van der Waals surface area contributed by atoms with Gasteiger partial charge in [0.2, 0.25) is 0 Å². The van der Waals surface area contributed by atoms with E-state index in [1.54, 1.807) is 19.5 Å². The van der Waals surface area contributed by atoms with Crippen LogP contribution >= 0.6 is 0 Å². The number of nitrogens with zero attached hydrogens (tertiary/aromatic N) is 2. The lowest BCUT2D eigenvalue weighted by Gasteiger charge is -2.07. The molecule has 0 aliphatic rings. The summed E-state index contributed by atoms with van der Waals surface area (Å²) in [6.45, 7) is 0. The molecule has 4 rings (SSSR count). The van der Waals surface area contributed by atoms with Gasteiger partial charge in [-0.15, -0.1) is 0 Å². The third-order valence-corrected chi connectivity index (χ3v) is 4.04. The van der Waals surface area contributed by atoms with E-state index in [4.69, 9.17) is 4.74 Å². The summed E-state index contributed by atoms with van der Waals surface area (Å²) in [5, 5.41) is 0.549. The molecule has 122 valence electrons. The molecule has 0 radical (unpaired) electrons. The fourth-order valence-corrected chi connectivity index (χ4v) is 2.76. The molecule has 0 aliphatic carbocycles. The smallest absolute Gasteiger partial charge is 0.259 e. The molecule has 4 aromatic rings. The van der Waals surface area contributed by atoms with Crippen LogP contribution in [0.15, 0.2) is 71.8 Å². The highest BCUT2D eigenvalue weighted by atomic mass is 16.5. The molecule has 2 aromatic carbocycles. The average Bonchev–Trinajstić information content (AvgIpc) is 2.68. The average molecular weight is 329 g/mol. The van der Waals surface area contributed by atoms with E-state index in [0.717, 1.165) is 22.4 Å². The molecule has 2 aromatic heterocycles. The minimum absolute atomic E-state index is 0.173. The van der Waals surface area contributed by atoms with Crippen LogP contribution in [-0.4, -0.2) is 22.1 Å². The van der Waals surface area contributed by atoms with Gasteiger partial charge in [-0.25, -0.2) is 4.98 Å². The Kier molecular flexibility index (Phi) is 3.74. The lowest BCUT2D eigenvalue weighted by Crippen LogP contribution is -2.09. The van der Waals surface area contributed by atoms with Crippen LogP contribution in [-0.2, 0) is 0 Å². The van der Waals surface area contributed by atoms with Gasteiger partial charge in [0.15, 0.2) is 0 Å². The number of aromatic nitrogens is 3. The Labute approximate surface area is 144 Å². The summed E-state index contributed by atoms with van der Waals surface area (Å²) in [6.07, 6.45) is 3.36. The topological polar surface area (TPSA) is 67.9 Å². The van der Waals surface area contributed by atoms with Gasteiger partial charge in [-0.1, -0.05) is 18.2 Å². The maximum absolute atomic E-state index is 12.5. The van der Waals surface area contributed by atoms with E-state index in [1.165, 1.54) is 0 Å². The van der Waals surface area contributed by atoms with E-state index in [-0.39, 0.29) is 5.56 Å². The van der Waals surface area contributed by atoms with E-state index in [9.17, 15) is 4.79 Å². The molecule has 0 saturated carbocycles. The number of hydrogen-bond donors (Lipinski definition) is 1. The molecule has 1 N–H and O–H groups in total. The molecule has 0 aliphatic heterocycles. The van der Waals surface area contributed by atoms with Crippen molar-refractivity contribution in [2.45, 2.75) is 0 Å². The maximum Gasteiger partial charge on any atom is 0.259 e. The zero-order valence-electron chi connectivity index (χ0n) is 13.6. The monoisotopic (exact) mass is 329 g/mol. The lowest BCUT2D eigenvalue weighted by molar-refractivity contribution is 0.415. The number of methoxy groups -OCH3 is 1. The van der Waals surface area contributed by atoms with Gasteiger partial charge in [-0.3, -0.25) is 9.78 Å². The highest BCUT2D eigenvalue weighted by molar-refractivity contribution is 5.85. The van der Waals surface area contributed by atoms with Crippen molar-refractivity contribution in [3.05, 3.63) is 77.3 Å². The second-order valence-corrected chi connectivity index (χ2v) is 5.62. The first-order chi connectivity index (χ1) is 12.2. The number of fused-ring (bicyclic) bond motifs is 1. The maximum atomic E-state index is 12.5. The molecule has 5 nitrogen and oxygen atoms in total. The van der Waals surface area contributed by atoms with Crippen molar-refractivity contribution in [1.29, 1.82) is 0 Å². The second kappa shape index (κ2) is 6.20. The predicted octanol–water partition coefficient (Wildman–Crippen LogP) is 3.66.